The Morgan fingerprint density at radius 3 is 2.88 bits per heavy atom. The lowest BCUT2D eigenvalue weighted by atomic mass is 10.1. The molecule has 0 saturated heterocycles. The minimum absolute atomic E-state index is 0.0837. The Balaban J connectivity index is 2.18. The summed E-state index contributed by atoms with van der Waals surface area (Å²) in [6.45, 7) is 0.556. The van der Waals surface area contributed by atoms with E-state index in [1.807, 2.05) is 24.3 Å². The van der Waals surface area contributed by atoms with Crippen LogP contribution in [-0.4, -0.2) is 23.4 Å². The molecule has 1 atom stereocenters. The van der Waals surface area contributed by atoms with Gasteiger partial charge in [-0.25, -0.2) is 4.98 Å². The van der Waals surface area contributed by atoms with Crippen molar-refractivity contribution in [3.8, 4) is 0 Å². The second kappa shape index (κ2) is 5.35. The third kappa shape index (κ3) is 2.69. The third-order valence-corrected chi connectivity index (χ3v) is 3.61. The van der Waals surface area contributed by atoms with E-state index in [-0.39, 0.29) is 5.78 Å². The smallest absolute Gasteiger partial charge is 0.208 e. The van der Waals surface area contributed by atoms with Crippen LogP contribution in [0.4, 0.5) is 0 Å². The van der Waals surface area contributed by atoms with Gasteiger partial charge in [0.15, 0.2) is 5.01 Å². The van der Waals surface area contributed by atoms with E-state index in [1.165, 1.54) is 11.3 Å². The third-order valence-electron chi connectivity index (χ3n) is 2.56. The highest BCUT2D eigenvalue weighted by atomic mass is 32.1. The number of hydrogen-bond donors (Lipinski definition) is 2. The molecule has 90 valence electrons. The van der Waals surface area contributed by atoms with E-state index in [0.29, 0.717) is 18.0 Å². The molecular weight excluding hydrogens is 234 g/mol. The maximum atomic E-state index is 12.0. The number of nitrogens with two attached hydrogens (primary N) is 2. The molecule has 0 amide bonds. The van der Waals surface area contributed by atoms with Gasteiger partial charge in [-0.2, -0.15) is 0 Å². The summed E-state index contributed by atoms with van der Waals surface area (Å²) in [7, 11) is 0. The summed E-state index contributed by atoms with van der Waals surface area (Å²) in [5.41, 5.74) is 12.1. The fraction of sp³-hybridized carbons (Fsp3) is 0.333. The minimum atomic E-state index is -0.487. The molecule has 0 bridgehead atoms. The standard InChI is InChI=1S/C12H15N3OS/c13-7-3-4-8(14)11(16)12-15-9-5-1-2-6-10(9)17-12/h1-2,5-6,8H,3-4,7,13-14H2/t8-/m0/s1. The van der Waals surface area contributed by atoms with Crippen LogP contribution in [0, 0.1) is 0 Å². The Hall–Kier alpha value is -1.30. The number of ketones is 1. The van der Waals surface area contributed by atoms with Crippen LogP contribution in [0.15, 0.2) is 24.3 Å². The SMILES string of the molecule is NCCC[C@H](N)C(=O)c1nc2ccccc2s1. The highest BCUT2D eigenvalue weighted by molar-refractivity contribution is 7.20. The van der Waals surface area contributed by atoms with Crippen molar-refractivity contribution in [2.75, 3.05) is 6.54 Å². The summed E-state index contributed by atoms with van der Waals surface area (Å²) in [6, 6.07) is 7.20. The van der Waals surface area contributed by atoms with Gasteiger partial charge < -0.3 is 11.5 Å². The second-order valence-electron chi connectivity index (χ2n) is 3.89. The van der Waals surface area contributed by atoms with Gasteiger partial charge in [-0.05, 0) is 31.5 Å². The molecule has 0 saturated carbocycles. The van der Waals surface area contributed by atoms with Gasteiger partial charge in [-0.15, -0.1) is 11.3 Å². The van der Waals surface area contributed by atoms with Crippen molar-refractivity contribution in [1.82, 2.24) is 4.98 Å². The maximum Gasteiger partial charge on any atom is 0.208 e. The van der Waals surface area contributed by atoms with E-state index in [9.17, 15) is 4.79 Å². The Bertz CT molecular complexity index is 490. The lowest BCUT2D eigenvalue weighted by molar-refractivity contribution is 0.0956. The first-order valence-corrected chi connectivity index (χ1v) is 6.39. The first kappa shape index (κ1) is 12.2. The number of nitrogens with zero attached hydrogens (tertiary/aromatic N) is 1. The topological polar surface area (TPSA) is 82.0 Å². The number of para-hydroxylation sites is 1. The van der Waals surface area contributed by atoms with E-state index < -0.39 is 6.04 Å². The van der Waals surface area contributed by atoms with Gasteiger partial charge in [-0.3, -0.25) is 4.79 Å². The average Bonchev–Trinajstić information content (AvgIpc) is 2.78. The molecule has 0 aliphatic rings. The van der Waals surface area contributed by atoms with E-state index in [1.54, 1.807) is 0 Å². The van der Waals surface area contributed by atoms with Crippen molar-refractivity contribution in [3.63, 3.8) is 0 Å². The summed E-state index contributed by atoms with van der Waals surface area (Å²) < 4.78 is 1.02. The molecular formula is C12H15N3OS. The summed E-state index contributed by atoms with van der Waals surface area (Å²) in [5, 5.41) is 0.496. The Morgan fingerprint density at radius 1 is 1.41 bits per heavy atom. The Labute approximate surface area is 104 Å². The molecule has 0 aliphatic carbocycles. The summed E-state index contributed by atoms with van der Waals surface area (Å²) in [4.78, 5) is 16.3. The molecule has 4 nitrogen and oxygen atoms in total. The monoisotopic (exact) mass is 249 g/mol. The second-order valence-corrected chi connectivity index (χ2v) is 4.92. The van der Waals surface area contributed by atoms with Gasteiger partial charge >= 0.3 is 0 Å². The zero-order chi connectivity index (χ0) is 12.3. The van der Waals surface area contributed by atoms with Crippen LogP contribution in [0.5, 0.6) is 0 Å². The van der Waals surface area contributed by atoms with Gasteiger partial charge in [0.25, 0.3) is 0 Å². The number of Topliss-reactive ketones (excluding diaryl/α,β-unsaturated/α-hetero) is 1. The van der Waals surface area contributed by atoms with Gasteiger partial charge in [0.2, 0.25) is 5.78 Å². The lowest BCUT2D eigenvalue weighted by Crippen LogP contribution is -2.31. The van der Waals surface area contributed by atoms with Gasteiger partial charge in [0.05, 0.1) is 16.3 Å². The number of benzene rings is 1. The number of fused-ring (bicyclic) bond motifs is 1. The largest absolute Gasteiger partial charge is 0.330 e. The number of carbonyl (C=O) groups excluding carboxylic acids is 1. The number of rotatable bonds is 5. The predicted octanol–water partition coefficient (Wildman–Crippen LogP) is 1.55. The van der Waals surface area contributed by atoms with E-state index in [2.05, 4.69) is 4.98 Å². The molecule has 0 spiro atoms. The normalized spacial score (nSPS) is 12.8. The molecule has 1 aromatic carbocycles. The van der Waals surface area contributed by atoms with Crippen molar-refractivity contribution >= 4 is 27.3 Å². The molecule has 0 aliphatic heterocycles. The van der Waals surface area contributed by atoms with Gasteiger partial charge in [0, 0.05) is 0 Å². The van der Waals surface area contributed by atoms with Crippen LogP contribution in [0.2, 0.25) is 0 Å². The van der Waals surface area contributed by atoms with Crippen molar-refractivity contribution in [3.05, 3.63) is 29.3 Å². The van der Waals surface area contributed by atoms with Crippen molar-refractivity contribution < 1.29 is 4.79 Å². The summed E-state index contributed by atoms with van der Waals surface area (Å²) in [6.07, 6.45) is 1.38. The summed E-state index contributed by atoms with van der Waals surface area (Å²) >= 11 is 1.40. The lowest BCUT2D eigenvalue weighted by Gasteiger charge is -2.06. The van der Waals surface area contributed by atoms with Crippen LogP contribution in [0.1, 0.15) is 22.6 Å². The summed E-state index contributed by atoms with van der Waals surface area (Å²) in [5.74, 6) is -0.0837. The zero-order valence-electron chi connectivity index (χ0n) is 9.43. The molecule has 0 unspecified atom stereocenters. The van der Waals surface area contributed by atoms with Crippen LogP contribution in [0.25, 0.3) is 10.2 Å². The van der Waals surface area contributed by atoms with Crippen molar-refractivity contribution in [2.24, 2.45) is 11.5 Å². The molecule has 1 heterocycles. The molecule has 2 aromatic rings. The first-order valence-electron chi connectivity index (χ1n) is 5.58. The molecule has 0 fully saturated rings. The van der Waals surface area contributed by atoms with Crippen LogP contribution in [0.3, 0.4) is 0 Å². The van der Waals surface area contributed by atoms with E-state index in [0.717, 1.165) is 16.6 Å². The number of thiazole rings is 1. The van der Waals surface area contributed by atoms with Crippen molar-refractivity contribution in [2.45, 2.75) is 18.9 Å². The van der Waals surface area contributed by atoms with Crippen LogP contribution < -0.4 is 11.5 Å². The Kier molecular flexibility index (Phi) is 3.83. The van der Waals surface area contributed by atoms with Gasteiger partial charge in [0.1, 0.15) is 0 Å². The zero-order valence-corrected chi connectivity index (χ0v) is 10.2. The molecule has 0 radical (unpaired) electrons. The fourth-order valence-corrected chi connectivity index (χ4v) is 2.57. The molecule has 17 heavy (non-hydrogen) atoms. The Morgan fingerprint density at radius 2 is 2.18 bits per heavy atom. The van der Waals surface area contributed by atoms with Crippen molar-refractivity contribution in [1.29, 1.82) is 0 Å². The average molecular weight is 249 g/mol. The number of aromatic nitrogens is 1. The maximum absolute atomic E-state index is 12.0. The molecule has 1 aromatic heterocycles. The highest BCUT2D eigenvalue weighted by Crippen LogP contribution is 2.22. The highest BCUT2D eigenvalue weighted by Gasteiger charge is 2.18. The number of carbonyl (C=O) groups is 1. The fourth-order valence-electron chi connectivity index (χ4n) is 1.61. The predicted molar refractivity (Wildman–Crippen MR) is 70.2 cm³/mol. The van der Waals surface area contributed by atoms with Crippen LogP contribution in [-0.2, 0) is 0 Å². The minimum Gasteiger partial charge on any atom is -0.330 e. The molecule has 4 N–H and O–H groups in total. The van der Waals surface area contributed by atoms with Crippen LogP contribution >= 0.6 is 11.3 Å². The first-order chi connectivity index (χ1) is 8.22. The van der Waals surface area contributed by atoms with E-state index >= 15 is 0 Å². The number of hydrogen-bond acceptors (Lipinski definition) is 5. The quantitative estimate of drug-likeness (QED) is 0.788. The molecule has 5 heteroatoms. The van der Waals surface area contributed by atoms with Gasteiger partial charge in [-0.1, -0.05) is 12.1 Å². The van der Waals surface area contributed by atoms with E-state index in [4.69, 9.17) is 11.5 Å². The molecule has 2 rings (SSSR count).